The van der Waals surface area contributed by atoms with Crippen molar-refractivity contribution in [3.8, 4) is 6.07 Å². The average Bonchev–Trinajstić information content (AvgIpc) is 2.93. The minimum Gasteiger partial charge on any atom is -0.506 e. The van der Waals surface area contributed by atoms with Gasteiger partial charge in [-0.3, -0.25) is 29.9 Å². The lowest BCUT2D eigenvalue weighted by Crippen LogP contribution is -2.47. The molecule has 0 spiro atoms. The molecule has 3 rings (SSSR count). The van der Waals surface area contributed by atoms with Gasteiger partial charge >= 0.3 is 0 Å². The molecule has 1 saturated heterocycles. The largest absolute Gasteiger partial charge is 0.506 e. The highest BCUT2D eigenvalue weighted by Crippen LogP contribution is 2.37. The molecular formula is C18H16N4O6. The number of carbonyl (C=O) groups is 3. The summed E-state index contributed by atoms with van der Waals surface area (Å²) in [6, 6.07) is 6.11. The highest BCUT2D eigenvalue weighted by Gasteiger charge is 2.49. The van der Waals surface area contributed by atoms with Crippen LogP contribution in [0.1, 0.15) is 31.2 Å². The van der Waals surface area contributed by atoms with Crippen LogP contribution in [-0.2, 0) is 14.4 Å². The first-order valence-electron chi connectivity index (χ1n) is 8.62. The number of rotatable bonds is 4. The molecule has 1 aliphatic carbocycles. The summed E-state index contributed by atoms with van der Waals surface area (Å²) < 4.78 is 0. The molecular weight excluding hydrogens is 368 g/mol. The van der Waals surface area contributed by atoms with Crippen molar-refractivity contribution in [2.45, 2.75) is 25.7 Å². The fourth-order valence-corrected chi connectivity index (χ4v) is 3.53. The van der Waals surface area contributed by atoms with Crippen LogP contribution in [0, 0.1) is 33.3 Å². The van der Waals surface area contributed by atoms with Crippen LogP contribution in [0.2, 0.25) is 0 Å². The van der Waals surface area contributed by atoms with E-state index < -0.39 is 45.8 Å². The molecule has 2 atom stereocenters. The van der Waals surface area contributed by atoms with Crippen LogP contribution in [0.15, 0.2) is 29.8 Å². The lowest BCUT2D eigenvalue weighted by atomic mass is 9.81. The van der Waals surface area contributed by atoms with E-state index in [-0.39, 0.29) is 11.3 Å². The zero-order valence-corrected chi connectivity index (χ0v) is 14.6. The maximum absolute atomic E-state index is 12.4. The Kier molecular flexibility index (Phi) is 5.08. The second-order valence-corrected chi connectivity index (χ2v) is 6.59. The van der Waals surface area contributed by atoms with Gasteiger partial charge in [0.15, 0.2) is 5.57 Å². The lowest BCUT2D eigenvalue weighted by Gasteiger charge is -2.19. The second kappa shape index (κ2) is 7.48. The lowest BCUT2D eigenvalue weighted by molar-refractivity contribution is -0.384. The summed E-state index contributed by atoms with van der Waals surface area (Å²) >= 11 is 0. The van der Waals surface area contributed by atoms with Crippen molar-refractivity contribution in [1.29, 1.82) is 5.26 Å². The van der Waals surface area contributed by atoms with Gasteiger partial charge in [-0.1, -0.05) is 12.8 Å². The molecule has 3 amide bonds. The third kappa shape index (κ3) is 3.29. The highest BCUT2D eigenvalue weighted by atomic mass is 16.6. The van der Waals surface area contributed by atoms with E-state index in [1.54, 1.807) is 0 Å². The number of aliphatic hydroxyl groups excluding tert-OH is 1. The Bertz CT molecular complexity index is 906. The fourth-order valence-electron chi connectivity index (χ4n) is 3.53. The van der Waals surface area contributed by atoms with Crippen molar-refractivity contribution >= 4 is 29.2 Å². The second-order valence-electron chi connectivity index (χ2n) is 6.59. The fraction of sp³-hybridized carbons (Fsp3) is 0.333. The number of nitro groups is 1. The first-order valence-corrected chi connectivity index (χ1v) is 8.62. The Morgan fingerprint density at radius 3 is 2.18 bits per heavy atom. The Morgan fingerprint density at radius 1 is 1.18 bits per heavy atom. The molecule has 0 radical (unpaired) electrons. The molecule has 28 heavy (non-hydrogen) atoms. The summed E-state index contributed by atoms with van der Waals surface area (Å²) in [6.07, 6.45) is 2.78. The number of hydrogen-bond acceptors (Lipinski definition) is 7. The molecule has 2 fully saturated rings. The van der Waals surface area contributed by atoms with Gasteiger partial charge in [-0.25, -0.2) is 0 Å². The van der Waals surface area contributed by atoms with Crippen molar-refractivity contribution in [1.82, 2.24) is 10.4 Å². The van der Waals surface area contributed by atoms with E-state index >= 15 is 0 Å². The number of nitro benzene ring substituents is 1. The van der Waals surface area contributed by atoms with Gasteiger partial charge in [0.1, 0.15) is 11.8 Å². The number of hydrogen-bond donors (Lipinski definition) is 2. The molecule has 1 heterocycles. The minimum absolute atomic E-state index is 0.00467. The summed E-state index contributed by atoms with van der Waals surface area (Å²) in [5, 5.41) is 30.8. The Labute approximate surface area is 159 Å². The van der Waals surface area contributed by atoms with Crippen molar-refractivity contribution < 1.29 is 24.4 Å². The first-order chi connectivity index (χ1) is 13.3. The van der Waals surface area contributed by atoms with Gasteiger partial charge in [0.2, 0.25) is 0 Å². The first kappa shape index (κ1) is 19.0. The predicted molar refractivity (Wildman–Crippen MR) is 93.7 cm³/mol. The van der Waals surface area contributed by atoms with Crippen molar-refractivity contribution in [3.63, 3.8) is 0 Å². The Balaban J connectivity index is 1.82. The SMILES string of the molecule is N#C/C(C(=O)NN1C(=O)[C@H]2CCCC[C@@H]2C1=O)=C(/O)c1ccc([N+](=O)[O-])cc1. The normalized spacial score (nSPS) is 22.2. The monoisotopic (exact) mass is 384 g/mol. The van der Waals surface area contributed by atoms with Gasteiger partial charge in [-0.05, 0) is 25.0 Å². The number of nitriles is 1. The maximum Gasteiger partial charge on any atom is 0.284 e. The van der Waals surface area contributed by atoms with Crippen LogP contribution >= 0.6 is 0 Å². The number of hydrazine groups is 1. The molecule has 2 aliphatic rings. The molecule has 1 aromatic rings. The molecule has 10 nitrogen and oxygen atoms in total. The van der Waals surface area contributed by atoms with Crippen molar-refractivity contribution in [2.24, 2.45) is 11.8 Å². The number of fused-ring (bicyclic) bond motifs is 1. The van der Waals surface area contributed by atoms with Crippen molar-refractivity contribution in [2.75, 3.05) is 0 Å². The predicted octanol–water partition coefficient (Wildman–Crippen LogP) is 1.59. The molecule has 1 saturated carbocycles. The summed E-state index contributed by atoms with van der Waals surface area (Å²) in [4.78, 5) is 47.3. The van der Waals surface area contributed by atoms with Gasteiger partial charge in [0.25, 0.3) is 23.4 Å². The summed E-state index contributed by atoms with van der Waals surface area (Å²) in [7, 11) is 0. The number of nitrogens with zero attached hydrogens (tertiary/aromatic N) is 3. The highest BCUT2D eigenvalue weighted by molar-refractivity contribution is 6.10. The molecule has 0 bridgehead atoms. The maximum atomic E-state index is 12.4. The summed E-state index contributed by atoms with van der Waals surface area (Å²) in [5.74, 6) is -3.81. The third-order valence-corrected chi connectivity index (χ3v) is 4.98. The molecule has 1 aromatic carbocycles. The summed E-state index contributed by atoms with van der Waals surface area (Å²) in [6.45, 7) is 0. The van der Waals surface area contributed by atoms with E-state index in [9.17, 15) is 34.9 Å². The molecule has 2 N–H and O–H groups in total. The van der Waals surface area contributed by atoms with E-state index in [0.29, 0.717) is 17.9 Å². The smallest absolute Gasteiger partial charge is 0.284 e. The number of aliphatic hydroxyl groups is 1. The number of non-ortho nitro benzene ring substituents is 1. The van der Waals surface area contributed by atoms with Gasteiger partial charge < -0.3 is 5.11 Å². The van der Waals surface area contributed by atoms with Gasteiger partial charge in [0, 0.05) is 17.7 Å². The van der Waals surface area contributed by atoms with E-state index in [4.69, 9.17) is 0 Å². The van der Waals surface area contributed by atoms with E-state index in [0.717, 1.165) is 25.0 Å². The summed E-state index contributed by atoms with van der Waals surface area (Å²) in [5.41, 5.74) is 1.17. The van der Waals surface area contributed by atoms with Crippen LogP contribution in [0.4, 0.5) is 5.69 Å². The van der Waals surface area contributed by atoms with Crippen LogP contribution in [-0.4, -0.2) is 32.8 Å². The number of nitrogens with one attached hydrogen (secondary N) is 1. The molecule has 144 valence electrons. The third-order valence-electron chi connectivity index (χ3n) is 4.98. The Morgan fingerprint density at radius 2 is 1.71 bits per heavy atom. The average molecular weight is 384 g/mol. The number of amides is 3. The van der Waals surface area contributed by atoms with Gasteiger partial charge in [0.05, 0.1) is 16.8 Å². The van der Waals surface area contributed by atoms with Crippen LogP contribution in [0.25, 0.3) is 5.76 Å². The standard InChI is InChI=1S/C18H16N4O6/c19-9-14(15(23)10-5-7-11(8-6-10)22(27)28)16(24)20-21-17(25)12-3-1-2-4-13(12)18(21)26/h5-8,12-13,23H,1-4H2,(H,20,24)/b15-14-/t12-,13-/m0/s1. The van der Waals surface area contributed by atoms with Gasteiger partial charge in [-0.15, -0.1) is 0 Å². The van der Waals surface area contributed by atoms with E-state index in [2.05, 4.69) is 5.43 Å². The molecule has 0 aromatic heterocycles. The molecule has 0 unspecified atom stereocenters. The quantitative estimate of drug-likeness (QED) is 0.199. The number of imide groups is 1. The topological polar surface area (TPSA) is 154 Å². The van der Waals surface area contributed by atoms with Crippen LogP contribution in [0.3, 0.4) is 0 Å². The van der Waals surface area contributed by atoms with Crippen LogP contribution < -0.4 is 5.43 Å². The molecule has 10 heteroatoms. The Hall–Kier alpha value is -3.74. The zero-order valence-electron chi connectivity index (χ0n) is 14.6. The van der Waals surface area contributed by atoms with Crippen LogP contribution in [0.5, 0.6) is 0 Å². The number of benzene rings is 1. The minimum atomic E-state index is -1.11. The van der Waals surface area contributed by atoms with E-state index in [1.807, 2.05) is 0 Å². The molecule has 1 aliphatic heterocycles. The van der Waals surface area contributed by atoms with Gasteiger partial charge in [-0.2, -0.15) is 10.3 Å². The van der Waals surface area contributed by atoms with E-state index in [1.165, 1.54) is 18.2 Å². The number of carbonyl (C=O) groups excluding carboxylic acids is 3. The zero-order chi connectivity index (χ0) is 20.4. The van der Waals surface area contributed by atoms with Crippen molar-refractivity contribution in [3.05, 3.63) is 45.5 Å².